The molecule has 0 fully saturated rings. The van der Waals surface area contributed by atoms with Crippen molar-refractivity contribution in [1.82, 2.24) is 0 Å². The summed E-state index contributed by atoms with van der Waals surface area (Å²) in [5, 5.41) is 1.02. The first-order valence-corrected chi connectivity index (χ1v) is 5.51. The third kappa shape index (κ3) is 3.67. The summed E-state index contributed by atoms with van der Waals surface area (Å²) in [7, 11) is 3.24. The average Bonchev–Trinajstić information content (AvgIpc) is 2.23. The van der Waals surface area contributed by atoms with E-state index >= 15 is 0 Å². The first-order chi connectivity index (χ1) is 7.54. The standard InChI is InChI=1S/C11H13Cl2NO2/c1-14(11(15)3-4-16-2)10-6-8(12)5-9(13)7-10/h5-7H,3-4H2,1-2H3. The maximum absolute atomic E-state index is 11.7. The molecule has 0 aliphatic rings. The Morgan fingerprint density at radius 2 is 1.88 bits per heavy atom. The quantitative estimate of drug-likeness (QED) is 0.834. The van der Waals surface area contributed by atoms with Crippen molar-refractivity contribution in [3.63, 3.8) is 0 Å². The lowest BCUT2D eigenvalue weighted by Gasteiger charge is -2.17. The number of carbonyl (C=O) groups excluding carboxylic acids is 1. The zero-order valence-corrected chi connectivity index (χ0v) is 10.7. The van der Waals surface area contributed by atoms with Gasteiger partial charge in [0.2, 0.25) is 5.91 Å². The number of benzene rings is 1. The molecule has 0 aliphatic carbocycles. The second-order valence-corrected chi connectivity index (χ2v) is 4.20. The van der Waals surface area contributed by atoms with Crippen LogP contribution in [0.1, 0.15) is 6.42 Å². The van der Waals surface area contributed by atoms with Gasteiger partial charge in [0, 0.05) is 29.9 Å². The second-order valence-electron chi connectivity index (χ2n) is 3.32. The molecule has 1 aromatic carbocycles. The van der Waals surface area contributed by atoms with Crippen LogP contribution in [0.4, 0.5) is 5.69 Å². The van der Waals surface area contributed by atoms with Crippen molar-refractivity contribution in [2.75, 3.05) is 25.7 Å². The van der Waals surface area contributed by atoms with Crippen LogP contribution >= 0.6 is 23.2 Å². The minimum absolute atomic E-state index is 0.0415. The molecule has 0 aromatic heterocycles. The van der Waals surface area contributed by atoms with Gasteiger partial charge in [0.15, 0.2) is 0 Å². The topological polar surface area (TPSA) is 29.5 Å². The van der Waals surface area contributed by atoms with Crippen molar-refractivity contribution in [2.45, 2.75) is 6.42 Å². The predicted octanol–water partition coefficient (Wildman–Crippen LogP) is 2.99. The summed E-state index contributed by atoms with van der Waals surface area (Å²) in [5.74, 6) is -0.0415. The third-order valence-corrected chi connectivity index (χ3v) is 2.57. The van der Waals surface area contributed by atoms with Gasteiger partial charge in [-0.15, -0.1) is 0 Å². The zero-order valence-electron chi connectivity index (χ0n) is 9.17. The molecule has 0 N–H and O–H groups in total. The molecule has 1 aromatic rings. The molecule has 0 atom stereocenters. The molecule has 0 radical (unpaired) electrons. The highest BCUT2D eigenvalue weighted by molar-refractivity contribution is 6.35. The van der Waals surface area contributed by atoms with Crippen LogP contribution in [0.15, 0.2) is 18.2 Å². The molecule has 0 bridgehead atoms. The SMILES string of the molecule is COCCC(=O)N(C)c1cc(Cl)cc(Cl)c1. The van der Waals surface area contributed by atoms with Gasteiger partial charge in [0.05, 0.1) is 13.0 Å². The minimum atomic E-state index is -0.0415. The number of halogens is 2. The number of ether oxygens (including phenoxy) is 1. The number of amides is 1. The van der Waals surface area contributed by atoms with Crippen LogP contribution in [0.5, 0.6) is 0 Å². The first kappa shape index (κ1) is 13.3. The van der Waals surface area contributed by atoms with E-state index in [1.165, 1.54) is 4.90 Å². The summed E-state index contributed by atoms with van der Waals surface area (Å²) in [6.07, 6.45) is 0.330. The fourth-order valence-electron chi connectivity index (χ4n) is 1.23. The average molecular weight is 262 g/mol. The third-order valence-electron chi connectivity index (χ3n) is 2.13. The molecular weight excluding hydrogens is 249 g/mol. The van der Waals surface area contributed by atoms with E-state index in [9.17, 15) is 4.79 Å². The number of anilines is 1. The lowest BCUT2D eigenvalue weighted by atomic mass is 10.2. The molecule has 88 valence electrons. The second kappa shape index (κ2) is 6.09. The summed E-state index contributed by atoms with van der Waals surface area (Å²) in [5.41, 5.74) is 0.679. The number of hydrogen-bond acceptors (Lipinski definition) is 2. The summed E-state index contributed by atoms with van der Waals surface area (Å²) in [6, 6.07) is 5.01. The fraction of sp³-hybridized carbons (Fsp3) is 0.364. The molecular formula is C11H13Cl2NO2. The van der Waals surface area contributed by atoms with Gasteiger partial charge in [0.1, 0.15) is 0 Å². The molecule has 0 saturated carbocycles. The number of nitrogens with zero attached hydrogens (tertiary/aromatic N) is 1. The summed E-state index contributed by atoms with van der Waals surface area (Å²) in [4.78, 5) is 13.2. The Morgan fingerprint density at radius 3 is 2.38 bits per heavy atom. The monoisotopic (exact) mass is 261 g/mol. The maximum atomic E-state index is 11.7. The smallest absolute Gasteiger partial charge is 0.229 e. The van der Waals surface area contributed by atoms with Crippen LogP contribution in [0, 0.1) is 0 Å². The summed E-state index contributed by atoms with van der Waals surface area (Å²) in [6.45, 7) is 0.400. The summed E-state index contributed by atoms with van der Waals surface area (Å²) >= 11 is 11.7. The van der Waals surface area contributed by atoms with Gasteiger partial charge in [-0.3, -0.25) is 4.79 Å². The lowest BCUT2D eigenvalue weighted by Crippen LogP contribution is -2.26. The molecule has 0 heterocycles. The van der Waals surface area contributed by atoms with E-state index in [2.05, 4.69) is 0 Å². The van der Waals surface area contributed by atoms with Crippen LogP contribution in [0.25, 0.3) is 0 Å². The number of hydrogen-bond donors (Lipinski definition) is 0. The van der Waals surface area contributed by atoms with E-state index in [-0.39, 0.29) is 5.91 Å². The van der Waals surface area contributed by atoms with Crippen molar-refractivity contribution in [2.24, 2.45) is 0 Å². The van der Waals surface area contributed by atoms with Crippen LogP contribution in [-0.4, -0.2) is 26.7 Å². The van der Waals surface area contributed by atoms with E-state index < -0.39 is 0 Å². The largest absolute Gasteiger partial charge is 0.384 e. The van der Waals surface area contributed by atoms with Crippen molar-refractivity contribution in [3.05, 3.63) is 28.2 Å². The Kier molecular flexibility index (Phi) is 5.06. The predicted molar refractivity (Wildman–Crippen MR) is 66.4 cm³/mol. The molecule has 1 amide bonds. The van der Waals surface area contributed by atoms with Gasteiger partial charge in [0.25, 0.3) is 0 Å². The van der Waals surface area contributed by atoms with E-state index in [4.69, 9.17) is 27.9 Å². The van der Waals surface area contributed by atoms with Crippen LogP contribution in [0.3, 0.4) is 0 Å². The first-order valence-electron chi connectivity index (χ1n) is 4.76. The Morgan fingerprint density at radius 1 is 1.31 bits per heavy atom. The lowest BCUT2D eigenvalue weighted by molar-refractivity contribution is -0.119. The van der Waals surface area contributed by atoms with Gasteiger partial charge in [-0.1, -0.05) is 23.2 Å². The number of rotatable bonds is 4. The highest BCUT2D eigenvalue weighted by Crippen LogP contribution is 2.25. The van der Waals surface area contributed by atoms with Crippen LogP contribution in [0.2, 0.25) is 10.0 Å². The molecule has 0 unspecified atom stereocenters. The van der Waals surface area contributed by atoms with Gasteiger partial charge in [-0.25, -0.2) is 0 Å². The van der Waals surface area contributed by atoms with Gasteiger partial charge >= 0.3 is 0 Å². The van der Waals surface area contributed by atoms with Crippen LogP contribution < -0.4 is 4.90 Å². The summed E-state index contributed by atoms with van der Waals surface area (Å²) < 4.78 is 4.85. The van der Waals surface area contributed by atoms with Crippen molar-refractivity contribution >= 4 is 34.8 Å². The molecule has 5 heteroatoms. The highest BCUT2D eigenvalue weighted by atomic mass is 35.5. The van der Waals surface area contributed by atoms with Crippen molar-refractivity contribution < 1.29 is 9.53 Å². The molecule has 0 aliphatic heterocycles. The van der Waals surface area contributed by atoms with E-state index in [0.717, 1.165) is 0 Å². The fourth-order valence-corrected chi connectivity index (χ4v) is 1.75. The number of methoxy groups -OCH3 is 1. The molecule has 0 spiro atoms. The minimum Gasteiger partial charge on any atom is -0.384 e. The Balaban J connectivity index is 2.79. The normalized spacial score (nSPS) is 10.2. The van der Waals surface area contributed by atoms with Crippen LogP contribution in [-0.2, 0) is 9.53 Å². The Labute approximate surface area is 105 Å². The zero-order chi connectivity index (χ0) is 12.1. The van der Waals surface area contributed by atoms with E-state index in [1.807, 2.05) is 0 Å². The van der Waals surface area contributed by atoms with E-state index in [1.54, 1.807) is 32.4 Å². The maximum Gasteiger partial charge on any atom is 0.229 e. The molecule has 16 heavy (non-hydrogen) atoms. The van der Waals surface area contributed by atoms with Gasteiger partial charge in [-0.2, -0.15) is 0 Å². The molecule has 3 nitrogen and oxygen atoms in total. The Hall–Kier alpha value is -0.770. The highest BCUT2D eigenvalue weighted by Gasteiger charge is 2.11. The van der Waals surface area contributed by atoms with Crippen molar-refractivity contribution in [1.29, 1.82) is 0 Å². The van der Waals surface area contributed by atoms with Crippen molar-refractivity contribution in [3.8, 4) is 0 Å². The molecule has 0 saturated heterocycles. The molecule has 1 rings (SSSR count). The van der Waals surface area contributed by atoms with E-state index in [0.29, 0.717) is 28.8 Å². The Bertz CT molecular complexity index is 362. The van der Waals surface area contributed by atoms with Gasteiger partial charge in [-0.05, 0) is 18.2 Å². The number of carbonyl (C=O) groups is 1. The van der Waals surface area contributed by atoms with Gasteiger partial charge < -0.3 is 9.64 Å².